The second-order valence-electron chi connectivity index (χ2n) is 6.95. The summed E-state index contributed by atoms with van der Waals surface area (Å²) in [7, 11) is 3.14. The Morgan fingerprint density at radius 1 is 1.11 bits per heavy atom. The normalized spacial score (nSPS) is 11.4. The largest absolute Gasteiger partial charge is 0.384 e. The van der Waals surface area contributed by atoms with Crippen LogP contribution in [-0.4, -0.2) is 25.6 Å². The fourth-order valence-electron chi connectivity index (χ4n) is 3.70. The molecule has 0 aliphatic heterocycles. The summed E-state index contributed by atoms with van der Waals surface area (Å²) in [6, 6.07) is 8.20. The van der Waals surface area contributed by atoms with Crippen LogP contribution in [-0.2, 0) is 26.9 Å². The fraction of sp³-hybridized carbons (Fsp3) is 0.286. The summed E-state index contributed by atoms with van der Waals surface area (Å²) in [5, 5.41) is 5.11. The van der Waals surface area contributed by atoms with Gasteiger partial charge in [-0.05, 0) is 30.0 Å². The number of H-pyrrole nitrogens is 1. The molecular weight excluding hydrogens is 354 g/mol. The summed E-state index contributed by atoms with van der Waals surface area (Å²) in [4.78, 5) is 32.7. The van der Waals surface area contributed by atoms with Crippen LogP contribution < -0.4 is 16.6 Å². The number of fused-ring (bicyclic) bond motifs is 2. The van der Waals surface area contributed by atoms with Crippen LogP contribution in [0.2, 0.25) is 0 Å². The summed E-state index contributed by atoms with van der Waals surface area (Å²) in [6.07, 6.45) is 5.32. The van der Waals surface area contributed by atoms with E-state index in [4.69, 9.17) is 0 Å². The summed E-state index contributed by atoms with van der Waals surface area (Å²) in [5.41, 5.74) is 3.77. The highest BCUT2D eigenvalue weighted by Crippen LogP contribution is 2.24. The van der Waals surface area contributed by atoms with Crippen LogP contribution >= 0.6 is 0 Å². The van der Waals surface area contributed by atoms with E-state index < -0.39 is 0 Å². The minimum absolute atomic E-state index is 0.324. The first-order chi connectivity index (χ1) is 13.5. The molecule has 0 saturated heterocycles. The van der Waals surface area contributed by atoms with Crippen molar-refractivity contribution >= 4 is 27.6 Å². The third kappa shape index (κ3) is 2.79. The molecule has 0 unspecified atom stereocenters. The van der Waals surface area contributed by atoms with E-state index in [1.807, 2.05) is 25.3 Å². The summed E-state index contributed by atoms with van der Waals surface area (Å²) in [6.45, 7) is 2.69. The SMILES string of the molecule is CCc1cnc2c(c1NCCc1c[nH]c3ccccc13)c(=O)n(C)c(=O)n2C. The number of hydrogen-bond acceptors (Lipinski definition) is 4. The van der Waals surface area contributed by atoms with E-state index in [2.05, 4.69) is 27.4 Å². The van der Waals surface area contributed by atoms with Crippen LogP contribution in [0.4, 0.5) is 5.69 Å². The summed E-state index contributed by atoms with van der Waals surface area (Å²) >= 11 is 0. The maximum Gasteiger partial charge on any atom is 0.332 e. The molecule has 4 rings (SSSR count). The zero-order valence-electron chi connectivity index (χ0n) is 16.2. The molecular formula is C21H23N5O2. The minimum atomic E-state index is -0.376. The topological polar surface area (TPSA) is 84.7 Å². The predicted molar refractivity (Wildman–Crippen MR) is 112 cm³/mol. The second kappa shape index (κ2) is 6.99. The molecule has 0 spiro atoms. The third-order valence-corrected chi connectivity index (χ3v) is 5.30. The smallest absolute Gasteiger partial charge is 0.332 e. The zero-order chi connectivity index (χ0) is 19.8. The Hall–Kier alpha value is -3.35. The molecule has 0 fully saturated rings. The first kappa shape index (κ1) is 18.0. The van der Waals surface area contributed by atoms with Crippen LogP contribution in [0, 0.1) is 0 Å². The Balaban J connectivity index is 1.73. The number of nitrogens with one attached hydrogen (secondary N) is 2. The Bertz CT molecular complexity index is 1300. The first-order valence-electron chi connectivity index (χ1n) is 9.39. The van der Waals surface area contributed by atoms with Gasteiger partial charge >= 0.3 is 5.69 Å². The van der Waals surface area contributed by atoms with Gasteiger partial charge in [0.05, 0.1) is 5.69 Å². The lowest BCUT2D eigenvalue weighted by Crippen LogP contribution is -2.37. The predicted octanol–water partition coefficient (Wildman–Crippen LogP) is 2.33. The molecule has 0 amide bonds. The van der Waals surface area contributed by atoms with E-state index in [1.165, 1.54) is 22.6 Å². The Morgan fingerprint density at radius 2 is 1.89 bits per heavy atom. The molecule has 0 aliphatic carbocycles. The molecule has 28 heavy (non-hydrogen) atoms. The molecule has 2 N–H and O–H groups in total. The van der Waals surface area contributed by atoms with Gasteiger partial charge in [-0.1, -0.05) is 25.1 Å². The highest BCUT2D eigenvalue weighted by Gasteiger charge is 2.16. The molecule has 0 atom stereocenters. The van der Waals surface area contributed by atoms with Crippen molar-refractivity contribution in [2.45, 2.75) is 19.8 Å². The van der Waals surface area contributed by atoms with Crippen molar-refractivity contribution in [3.8, 4) is 0 Å². The molecule has 0 aliphatic rings. The molecule has 1 aromatic carbocycles. The molecule has 7 heteroatoms. The Kier molecular flexibility index (Phi) is 4.50. The quantitative estimate of drug-likeness (QED) is 0.559. The summed E-state index contributed by atoms with van der Waals surface area (Å²) in [5.74, 6) is 0. The fourth-order valence-corrected chi connectivity index (χ4v) is 3.70. The van der Waals surface area contributed by atoms with E-state index in [1.54, 1.807) is 13.2 Å². The van der Waals surface area contributed by atoms with Crippen molar-refractivity contribution in [3.63, 3.8) is 0 Å². The number of anilines is 1. The third-order valence-electron chi connectivity index (χ3n) is 5.30. The standard InChI is InChI=1S/C21H23N5O2/c1-4-13-11-24-19-17(20(27)26(3)21(28)25(19)2)18(13)22-10-9-14-12-23-16-8-6-5-7-15(14)16/h5-8,11-12,23H,4,9-10H2,1-3H3,(H,22,24). The van der Waals surface area contributed by atoms with Crippen LogP contribution in [0.15, 0.2) is 46.2 Å². The van der Waals surface area contributed by atoms with Gasteiger partial charge in [-0.15, -0.1) is 0 Å². The van der Waals surface area contributed by atoms with Crippen LogP contribution in [0.1, 0.15) is 18.1 Å². The van der Waals surface area contributed by atoms with E-state index in [9.17, 15) is 9.59 Å². The number of aromatic amines is 1. The second-order valence-corrected chi connectivity index (χ2v) is 6.95. The molecule has 0 radical (unpaired) electrons. The monoisotopic (exact) mass is 377 g/mol. The molecule has 0 bridgehead atoms. The zero-order valence-corrected chi connectivity index (χ0v) is 16.2. The maximum absolute atomic E-state index is 12.8. The lowest BCUT2D eigenvalue weighted by Gasteiger charge is -2.15. The number of pyridine rings is 1. The number of para-hydroxylation sites is 1. The van der Waals surface area contributed by atoms with Gasteiger partial charge in [0.1, 0.15) is 5.39 Å². The van der Waals surface area contributed by atoms with Gasteiger partial charge in [0.2, 0.25) is 0 Å². The van der Waals surface area contributed by atoms with Gasteiger partial charge in [-0.3, -0.25) is 13.9 Å². The molecule has 3 heterocycles. The van der Waals surface area contributed by atoms with Crippen molar-refractivity contribution < 1.29 is 0 Å². The molecule has 0 saturated carbocycles. The number of hydrogen-bond donors (Lipinski definition) is 2. The van der Waals surface area contributed by atoms with E-state index >= 15 is 0 Å². The van der Waals surface area contributed by atoms with Crippen molar-refractivity contribution in [2.24, 2.45) is 14.1 Å². The first-order valence-corrected chi connectivity index (χ1v) is 9.39. The highest BCUT2D eigenvalue weighted by atomic mass is 16.2. The van der Waals surface area contributed by atoms with Crippen molar-refractivity contribution in [1.82, 2.24) is 19.1 Å². The van der Waals surface area contributed by atoms with Crippen LogP contribution in [0.3, 0.4) is 0 Å². The molecule has 7 nitrogen and oxygen atoms in total. The van der Waals surface area contributed by atoms with E-state index in [-0.39, 0.29) is 11.2 Å². The van der Waals surface area contributed by atoms with Gasteiger partial charge in [-0.25, -0.2) is 9.78 Å². The number of nitrogens with zero attached hydrogens (tertiary/aromatic N) is 3. The van der Waals surface area contributed by atoms with Gasteiger partial charge in [-0.2, -0.15) is 0 Å². The van der Waals surface area contributed by atoms with E-state index in [0.717, 1.165) is 34.2 Å². The average Bonchev–Trinajstić information content (AvgIpc) is 3.13. The Morgan fingerprint density at radius 3 is 2.68 bits per heavy atom. The average molecular weight is 377 g/mol. The summed E-state index contributed by atoms with van der Waals surface area (Å²) < 4.78 is 2.55. The van der Waals surface area contributed by atoms with Gasteiger partial charge in [0.25, 0.3) is 5.56 Å². The minimum Gasteiger partial charge on any atom is -0.384 e. The molecule has 4 aromatic rings. The van der Waals surface area contributed by atoms with Crippen molar-refractivity contribution in [2.75, 3.05) is 11.9 Å². The Labute approximate surface area is 161 Å². The highest BCUT2D eigenvalue weighted by molar-refractivity contribution is 5.90. The van der Waals surface area contributed by atoms with Crippen LogP contribution in [0.5, 0.6) is 0 Å². The number of aromatic nitrogens is 4. The van der Waals surface area contributed by atoms with Crippen molar-refractivity contribution in [1.29, 1.82) is 0 Å². The number of aryl methyl sites for hydroxylation is 2. The number of benzene rings is 1. The molecule has 144 valence electrons. The molecule has 3 aromatic heterocycles. The van der Waals surface area contributed by atoms with E-state index in [0.29, 0.717) is 17.6 Å². The lowest BCUT2D eigenvalue weighted by molar-refractivity contribution is 0.707. The van der Waals surface area contributed by atoms with Crippen molar-refractivity contribution in [3.05, 3.63) is 68.6 Å². The van der Waals surface area contributed by atoms with Crippen LogP contribution in [0.25, 0.3) is 21.9 Å². The number of rotatable bonds is 5. The lowest BCUT2D eigenvalue weighted by atomic mass is 10.1. The van der Waals surface area contributed by atoms with Gasteiger partial charge in [0, 0.05) is 43.9 Å². The van der Waals surface area contributed by atoms with Gasteiger partial charge in [0.15, 0.2) is 5.65 Å². The maximum atomic E-state index is 12.8. The van der Waals surface area contributed by atoms with Gasteiger partial charge < -0.3 is 10.3 Å².